The molecule has 2 heteroatoms. The second-order valence-electron chi connectivity index (χ2n) is 8.83. The Balaban J connectivity index is 0.000000396. The summed E-state index contributed by atoms with van der Waals surface area (Å²) < 4.78 is 0. The summed E-state index contributed by atoms with van der Waals surface area (Å²) in [4.78, 5) is 2.84. The van der Waals surface area contributed by atoms with Crippen molar-refractivity contribution in [3.8, 4) is 0 Å². The Bertz CT molecular complexity index is 301. The molecule has 0 aromatic rings. The minimum absolute atomic E-state index is 0.167. The van der Waals surface area contributed by atoms with Crippen LogP contribution in [0, 0.1) is 17.3 Å². The van der Waals surface area contributed by atoms with Gasteiger partial charge in [-0.05, 0) is 82.7 Å². The van der Waals surface area contributed by atoms with Crippen LogP contribution in [-0.2, 0) is 0 Å². The predicted octanol–water partition coefficient (Wildman–Crippen LogP) is 4.85. The van der Waals surface area contributed by atoms with Crippen LogP contribution in [0.15, 0.2) is 0 Å². The molecule has 1 N–H and O–H groups in total. The van der Waals surface area contributed by atoms with E-state index < -0.39 is 0 Å². The lowest BCUT2D eigenvalue weighted by Gasteiger charge is -2.55. The maximum atomic E-state index is 8.06. The SMILES string of the molecule is CC(C)C1CC2(CCN(C3CCCCC3)CC2)C1.CC(C)O. The zero-order chi connectivity index (χ0) is 16.2. The second-order valence-corrected chi connectivity index (χ2v) is 8.83. The molecule has 0 aromatic heterocycles. The Kier molecular flexibility index (Phi) is 6.76. The van der Waals surface area contributed by atoms with E-state index in [0.29, 0.717) is 0 Å². The Hall–Kier alpha value is -0.0800. The molecule has 0 atom stereocenters. The van der Waals surface area contributed by atoms with Gasteiger partial charge in [-0.2, -0.15) is 0 Å². The van der Waals surface area contributed by atoms with Crippen LogP contribution in [0.1, 0.15) is 85.5 Å². The predicted molar refractivity (Wildman–Crippen MR) is 95.0 cm³/mol. The third-order valence-corrected chi connectivity index (χ3v) is 6.28. The molecule has 3 aliphatic rings. The Morgan fingerprint density at radius 3 is 1.86 bits per heavy atom. The zero-order valence-electron chi connectivity index (χ0n) is 15.5. The maximum Gasteiger partial charge on any atom is 0.0483 e. The van der Waals surface area contributed by atoms with E-state index in [4.69, 9.17) is 5.11 Å². The molecular weight excluding hydrogens is 270 g/mol. The van der Waals surface area contributed by atoms with Gasteiger partial charge in [-0.15, -0.1) is 0 Å². The normalized spacial score (nSPS) is 26.9. The summed E-state index contributed by atoms with van der Waals surface area (Å²) in [7, 11) is 0. The zero-order valence-corrected chi connectivity index (χ0v) is 15.5. The number of piperidine rings is 1. The summed E-state index contributed by atoms with van der Waals surface area (Å²) in [6.45, 7) is 11.1. The standard InChI is InChI=1S/C17H31N.C3H8O/c1-14(2)15-12-17(13-15)8-10-18(11-9-17)16-6-4-3-5-7-16;1-3(2)4/h14-16H,3-13H2,1-2H3;3-4H,1-2H3. The molecule has 0 bridgehead atoms. The molecule has 2 nitrogen and oxygen atoms in total. The molecule has 1 heterocycles. The lowest BCUT2D eigenvalue weighted by Crippen LogP contribution is -2.51. The monoisotopic (exact) mass is 309 g/mol. The molecule has 130 valence electrons. The van der Waals surface area contributed by atoms with Crippen LogP contribution >= 0.6 is 0 Å². The number of aliphatic hydroxyl groups is 1. The van der Waals surface area contributed by atoms with Crippen molar-refractivity contribution in [2.75, 3.05) is 13.1 Å². The molecule has 2 aliphatic carbocycles. The smallest absolute Gasteiger partial charge is 0.0483 e. The number of nitrogens with zero attached hydrogens (tertiary/aromatic N) is 1. The highest BCUT2D eigenvalue weighted by atomic mass is 16.3. The Morgan fingerprint density at radius 1 is 0.909 bits per heavy atom. The van der Waals surface area contributed by atoms with Gasteiger partial charge >= 0.3 is 0 Å². The van der Waals surface area contributed by atoms with Crippen LogP contribution in [0.5, 0.6) is 0 Å². The van der Waals surface area contributed by atoms with Crippen LogP contribution < -0.4 is 0 Å². The summed E-state index contributed by atoms with van der Waals surface area (Å²) in [6, 6.07) is 0.956. The lowest BCUT2D eigenvalue weighted by atomic mass is 9.55. The second kappa shape index (κ2) is 8.15. The van der Waals surface area contributed by atoms with Crippen molar-refractivity contribution in [1.82, 2.24) is 4.90 Å². The summed E-state index contributed by atoms with van der Waals surface area (Å²) in [6.07, 6.45) is 13.4. The van der Waals surface area contributed by atoms with E-state index in [2.05, 4.69) is 18.7 Å². The number of hydrogen-bond acceptors (Lipinski definition) is 2. The summed E-state index contributed by atoms with van der Waals surface area (Å²) >= 11 is 0. The van der Waals surface area contributed by atoms with Crippen LogP contribution in [0.25, 0.3) is 0 Å². The van der Waals surface area contributed by atoms with Crippen molar-refractivity contribution >= 4 is 0 Å². The first-order valence-corrected chi connectivity index (χ1v) is 9.84. The number of likely N-dealkylation sites (tertiary alicyclic amines) is 1. The van der Waals surface area contributed by atoms with E-state index in [-0.39, 0.29) is 6.10 Å². The third kappa shape index (κ3) is 4.96. The van der Waals surface area contributed by atoms with Crippen molar-refractivity contribution in [1.29, 1.82) is 0 Å². The van der Waals surface area contributed by atoms with Gasteiger partial charge in [0.1, 0.15) is 0 Å². The first kappa shape index (κ1) is 18.3. The van der Waals surface area contributed by atoms with E-state index in [0.717, 1.165) is 23.3 Å². The summed E-state index contributed by atoms with van der Waals surface area (Å²) in [5, 5.41) is 8.06. The van der Waals surface area contributed by atoms with Gasteiger partial charge in [-0.25, -0.2) is 0 Å². The van der Waals surface area contributed by atoms with Gasteiger partial charge in [0.05, 0.1) is 0 Å². The summed E-state index contributed by atoms with van der Waals surface area (Å²) in [5.41, 5.74) is 0.792. The first-order chi connectivity index (χ1) is 10.4. The Labute approximate surface area is 138 Å². The van der Waals surface area contributed by atoms with Gasteiger partial charge in [-0.1, -0.05) is 33.1 Å². The third-order valence-electron chi connectivity index (χ3n) is 6.28. The molecule has 0 unspecified atom stereocenters. The fourth-order valence-electron chi connectivity index (χ4n) is 4.74. The highest BCUT2D eigenvalue weighted by Gasteiger charge is 2.46. The molecule has 1 spiro atoms. The van der Waals surface area contributed by atoms with Crippen molar-refractivity contribution in [2.24, 2.45) is 17.3 Å². The van der Waals surface area contributed by atoms with Gasteiger partial charge < -0.3 is 10.0 Å². The molecule has 1 saturated heterocycles. The largest absolute Gasteiger partial charge is 0.394 e. The average molecular weight is 310 g/mol. The van der Waals surface area contributed by atoms with Gasteiger partial charge in [0.25, 0.3) is 0 Å². The van der Waals surface area contributed by atoms with E-state index in [1.165, 1.54) is 58.0 Å². The number of hydrogen-bond donors (Lipinski definition) is 1. The van der Waals surface area contributed by atoms with Crippen LogP contribution in [0.4, 0.5) is 0 Å². The Morgan fingerprint density at radius 2 is 1.41 bits per heavy atom. The van der Waals surface area contributed by atoms with Crippen LogP contribution in [-0.4, -0.2) is 35.2 Å². The van der Waals surface area contributed by atoms with Gasteiger partial charge in [0.15, 0.2) is 0 Å². The van der Waals surface area contributed by atoms with Gasteiger partial charge in [0, 0.05) is 12.1 Å². The van der Waals surface area contributed by atoms with Crippen molar-refractivity contribution in [2.45, 2.75) is 97.6 Å². The topological polar surface area (TPSA) is 23.5 Å². The van der Waals surface area contributed by atoms with Crippen LogP contribution in [0.3, 0.4) is 0 Å². The molecule has 0 amide bonds. The van der Waals surface area contributed by atoms with E-state index in [9.17, 15) is 0 Å². The molecule has 0 radical (unpaired) electrons. The number of rotatable bonds is 2. The molecule has 3 rings (SSSR count). The highest BCUT2D eigenvalue weighted by molar-refractivity contribution is 4.98. The average Bonchev–Trinajstić information content (AvgIpc) is 2.45. The van der Waals surface area contributed by atoms with E-state index >= 15 is 0 Å². The molecule has 1 aliphatic heterocycles. The van der Waals surface area contributed by atoms with Crippen molar-refractivity contribution in [3.63, 3.8) is 0 Å². The lowest BCUT2D eigenvalue weighted by molar-refractivity contribution is -0.0429. The fraction of sp³-hybridized carbons (Fsp3) is 1.00. The van der Waals surface area contributed by atoms with E-state index in [1.54, 1.807) is 26.7 Å². The van der Waals surface area contributed by atoms with E-state index in [1.807, 2.05) is 0 Å². The minimum Gasteiger partial charge on any atom is -0.394 e. The molecule has 0 aromatic carbocycles. The van der Waals surface area contributed by atoms with Gasteiger partial charge in [0.2, 0.25) is 0 Å². The minimum atomic E-state index is -0.167. The fourth-order valence-corrected chi connectivity index (χ4v) is 4.74. The molecule has 2 saturated carbocycles. The summed E-state index contributed by atoms with van der Waals surface area (Å²) in [5.74, 6) is 1.97. The van der Waals surface area contributed by atoms with Crippen molar-refractivity contribution in [3.05, 3.63) is 0 Å². The molecule has 3 fully saturated rings. The maximum absolute atomic E-state index is 8.06. The van der Waals surface area contributed by atoms with Gasteiger partial charge in [-0.3, -0.25) is 0 Å². The van der Waals surface area contributed by atoms with Crippen molar-refractivity contribution < 1.29 is 5.11 Å². The van der Waals surface area contributed by atoms with Crippen LogP contribution in [0.2, 0.25) is 0 Å². The highest BCUT2D eigenvalue weighted by Crippen LogP contribution is 2.55. The first-order valence-electron chi connectivity index (χ1n) is 9.84. The quantitative estimate of drug-likeness (QED) is 0.788. The molecule has 22 heavy (non-hydrogen) atoms. The number of aliphatic hydroxyl groups excluding tert-OH is 1. The molecular formula is C20H39NO.